The lowest BCUT2D eigenvalue weighted by molar-refractivity contribution is 0.0905. The average Bonchev–Trinajstić information content (AvgIpc) is 2.42. The lowest BCUT2D eigenvalue weighted by Crippen LogP contribution is -2.48. The second-order valence-corrected chi connectivity index (χ2v) is 5.70. The lowest BCUT2D eigenvalue weighted by atomic mass is 9.86. The Bertz CT molecular complexity index is 467. The number of methoxy groups -OCH3 is 2. The molecule has 0 radical (unpaired) electrons. The van der Waals surface area contributed by atoms with Gasteiger partial charge >= 0.3 is 0 Å². The van der Waals surface area contributed by atoms with Crippen molar-refractivity contribution >= 4 is 5.91 Å². The lowest BCUT2D eigenvalue weighted by Gasteiger charge is -2.30. The van der Waals surface area contributed by atoms with Crippen LogP contribution in [0, 0.1) is 5.41 Å². The molecule has 1 aromatic rings. The molecule has 0 aliphatic heterocycles. The first-order valence-electron chi connectivity index (χ1n) is 6.56. The fourth-order valence-corrected chi connectivity index (χ4v) is 1.85. The Kier molecular flexibility index (Phi) is 5.39. The highest BCUT2D eigenvalue weighted by molar-refractivity contribution is 5.95. The number of benzene rings is 1. The standard InChI is InChI=1S/C15H24N2O3/c1-15(2,3)13(9-16)17-14(18)10-6-7-11(19-4)12(8-10)20-5/h6-8,13H,9,16H2,1-5H3,(H,17,18). The minimum atomic E-state index is -0.170. The van der Waals surface area contributed by atoms with E-state index >= 15 is 0 Å². The summed E-state index contributed by atoms with van der Waals surface area (Å²) in [6.45, 7) is 6.51. The summed E-state index contributed by atoms with van der Waals surface area (Å²) in [5, 5.41) is 2.95. The number of hydrogen-bond donors (Lipinski definition) is 2. The molecule has 0 aliphatic carbocycles. The van der Waals surface area contributed by atoms with Crippen molar-refractivity contribution in [2.45, 2.75) is 26.8 Å². The number of amides is 1. The second-order valence-electron chi connectivity index (χ2n) is 5.70. The smallest absolute Gasteiger partial charge is 0.251 e. The molecular formula is C15H24N2O3. The summed E-state index contributed by atoms with van der Waals surface area (Å²) in [5.74, 6) is 0.951. The number of carbonyl (C=O) groups is 1. The molecule has 5 heteroatoms. The van der Waals surface area contributed by atoms with Gasteiger partial charge in [0.25, 0.3) is 5.91 Å². The van der Waals surface area contributed by atoms with Crippen LogP contribution >= 0.6 is 0 Å². The van der Waals surface area contributed by atoms with Gasteiger partial charge in [-0.15, -0.1) is 0 Å². The van der Waals surface area contributed by atoms with Crippen LogP contribution in [0.5, 0.6) is 11.5 Å². The van der Waals surface area contributed by atoms with Crippen LogP contribution in [0.15, 0.2) is 18.2 Å². The van der Waals surface area contributed by atoms with Crippen molar-refractivity contribution in [1.29, 1.82) is 0 Å². The van der Waals surface area contributed by atoms with Crippen molar-refractivity contribution in [1.82, 2.24) is 5.32 Å². The summed E-state index contributed by atoms with van der Waals surface area (Å²) in [4.78, 5) is 12.3. The van der Waals surface area contributed by atoms with E-state index in [1.165, 1.54) is 7.11 Å². The Morgan fingerprint density at radius 1 is 1.25 bits per heavy atom. The molecule has 20 heavy (non-hydrogen) atoms. The van der Waals surface area contributed by atoms with Crippen molar-refractivity contribution in [3.63, 3.8) is 0 Å². The number of carbonyl (C=O) groups excluding carboxylic acids is 1. The van der Waals surface area contributed by atoms with Gasteiger partial charge in [-0.2, -0.15) is 0 Å². The van der Waals surface area contributed by atoms with Crippen LogP contribution in [0.25, 0.3) is 0 Å². The van der Waals surface area contributed by atoms with Gasteiger partial charge in [0.1, 0.15) is 0 Å². The van der Waals surface area contributed by atoms with Gasteiger partial charge < -0.3 is 20.5 Å². The predicted molar refractivity (Wildman–Crippen MR) is 79.3 cm³/mol. The number of rotatable bonds is 5. The van der Waals surface area contributed by atoms with Crippen molar-refractivity contribution in [3.8, 4) is 11.5 Å². The first kappa shape index (κ1) is 16.3. The molecule has 0 spiro atoms. The number of nitrogens with one attached hydrogen (secondary N) is 1. The van der Waals surface area contributed by atoms with Crippen LogP contribution in [0.1, 0.15) is 31.1 Å². The Balaban J connectivity index is 2.92. The Morgan fingerprint density at radius 3 is 2.30 bits per heavy atom. The molecule has 0 heterocycles. The van der Waals surface area contributed by atoms with Crippen molar-refractivity contribution in [2.24, 2.45) is 11.1 Å². The highest BCUT2D eigenvalue weighted by atomic mass is 16.5. The summed E-state index contributed by atoms with van der Waals surface area (Å²) in [5.41, 5.74) is 6.15. The normalized spacial score (nSPS) is 12.7. The molecule has 0 aliphatic rings. The van der Waals surface area contributed by atoms with E-state index in [0.29, 0.717) is 23.6 Å². The largest absolute Gasteiger partial charge is 0.493 e. The summed E-state index contributed by atoms with van der Waals surface area (Å²) < 4.78 is 10.3. The van der Waals surface area contributed by atoms with Gasteiger partial charge in [-0.25, -0.2) is 0 Å². The molecule has 1 amide bonds. The fraction of sp³-hybridized carbons (Fsp3) is 0.533. The summed E-state index contributed by atoms with van der Waals surface area (Å²) in [6, 6.07) is 4.97. The Labute approximate surface area is 120 Å². The zero-order chi connectivity index (χ0) is 15.3. The van der Waals surface area contributed by atoms with Gasteiger partial charge in [-0.05, 0) is 23.6 Å². The Hall–Kier alpha value is -1.75. The molecule has 0 bridgehead atoms. The molecule has 0 saturated heterocycles. The third-order valence-corrected chi connectivity index (χ3v) is 3.23. The van der Waals surface area contributed by atoms with Crippen molar-refractivity contribution in [2.75, 3.05) is 20.8 Å². The average molecular weight is 280 g/mol. The SMILES string of the molecule is COc1ccc(C(=O)NC(CN)C(C)(C)C)cc1OC. The van der Waals surface area contributed by atoms with Crippen LogP contribution < -0.4 is 20.5 Å². The first-order valence-corrected chi connectivity index (χ1v) is 6.56. The fourth-order valence-electron chi connectivity index (χ4n) is 1.85. The van der Waals surface area contributed by atoms with E-state index in [2.05, 4.69) is 5.32 Å². The van der Waals surface area contributed by atoms with E-state index in [-0.39, 0.29) is 17.4 Å². The Morgan fingerprint density at radius 2 is 1.85 bits per heavy atom. The maximum Gasteiger partial charge on any atom is 0.251 e. The molecule has 1 aromatic carbocycles. The number of nitrogens with two attached hydrogens (primary N) is 1. The monoisotopic (exact) mass is 280 g/mol. The molecule has 0 fully saturated rings. The zero-order valence-corrected chi connectivity index (χ0v) is 12.8. The third-order valence-electron chi connectivity index (χ3n) is 3.23. The predicted octanol–water partition coefficient (Wildman–Crippen LogP) is 1.81. The minimum Gasteiger partial charge on any atom is -0.493 e. The van der Waals surface area contributed by atoms with E-state index in [9.17, 15) is 4.79 Å². The summed E-state index contributed by atoms with van der Waals surface area (Å²) in [6.07, 6.45) is 0. The molecule has 1 unspecified atom stereocenters. The van der Waals surface area contributed by atoms with E-state index in [1.54, 1.807) is 25.3 Å². The highest BCUT2D eigenvalue weighted by Gasteiger charge is 2.25. The van der Waals surface area contributed by atoms with E-state index < -0.39 is 0 Å². The summed E-state index contributed by atoms with van der Waals surface area (Å²) in [7, 11) is 3.10. The zero-order valence-electron chi connectivity index (χ0n) is 12.8. The quantitative estimate of drug-likeness (QED) is 0.862. The van der Waals surface area contributed by atoms with E-state index in [4.69, 9.17) is 15.2 Å². The molecule has 0 saturated carbocycles. The van der Waals surface area contributed by atoms with Gasteiger partial charge in [0.2, 0.25) is 0 Å². The molecule has 1 atom stereocenters. The third kappa shape index (κ3) is 3.87. The van der Waals surface area contributed by atoms with Crippen LogP contribution in [-0.4, -0.2) is 32.7 Å². The molecule has 5 nitrogen and oxygen atoms in total. The van der Waals surface area contributed by atoms with Gasteiger partial charge in [0.15, 0.2) is 11.5 Å². The second kappa shape index (κ2) is 6.61. The van der Waals surface area contributed by atoms with E-state index in [1.807, 2.05) is 20.8 Å². The molecular weight excluding hydrogens is 256 g/mol. The van der Waals surface area contributed by atoms with Gasteiger partial charge in [-0.3, -0.25) is 4.79 Å². The molecule has 1 rings (SSSR count). The first-order chi connectivity index (χ1) is 9.33. The topological polar surface area (TPSA) is 73.6 Å². The van der Waals surface area contributed by atoms with Crippen molar-refractivity contribution in [3.05, 3.63) is 23.8 Å². The molecule has 112 valence electrons. The van der Waals surface area contributed by atoms with Crippen LogP contribution in [0.4, 0.5) is 0 Å². The van der Waals surface area contributed by atoms with Crippen LogP contribution in [-0.2, 0) is 0 Å². The van der Waals surface area contributed by atoms with Crippen LogP contribution in [0.2, 0.25) is 0 Å². The van der Waals surface area contributed by atoms with Gasteiger partial charge in [-0.1, -0.05) is 20.8 Å². The maximum absolute atomic E-state index is 12.3. The van der Waals surface area contributed by atoms with Crippen molar-refractivity contribution < 1.29 is 14.3 Å². The minimum absolute atomic E-state index is 0.0944. The van der Waals surface area contributed by atoms with Gasteiger partial charge in [0, 0.05) is 18.2 Å². The summed E-state index contributed by atoms with van der Waals surface area (Å²) >= 11 is 0. The molecule has 0 aromatic heterocycles. The molecule has 3 N–H and O–H groups in total. The number of hydrogen-bond acceptors (Lipinski definition) is 4. The van der Waals surface area contributed by atoms with E-state index in [0.717, 1.165) is 0 Å². The van der Waals surface area contributed by atoms with Crippen LogP contribution in [0.3, 0.4) is 0 Å². The number of ether oxygens (including phenoxy) is 2. The maximum atomic E-state index is 12.3. The van der Waals surface area contributed by atoms with Gasteiger partial charge in [0.05, 0.1) is 14.2 Å². The highest BCUT2D eigenvalue weighted by Crippen LogP contribution is 2.27.